The molecule has 2 rings (SSSR count). The summed E-state index contributed by atoms with van der Waals surface area (Å²) in [5, 5.41) is 25.4. The number of carbonyl (C=O) groups is 1. The lowest BCUT2D eigenvalue weighted by molar-refractivity contribution is 0.0999. The van der Waals surface area contributed by atoms with Crippen LogP contribution in [0, 0.1) is 11.3 Å². The summed E-state index contributed by atoms with van der Waals surface area (Å²) in [4.78, 5) is 11.9. The molecule has 0 amide bonds. The summed E-state index contributed by atoms with van der Waals surface area (Å²) in [6.45, 7) is 0. The molecule has 1 heterocycles. The quantitative estimate of drug-likeness (QED) is 0.396. The van der Waals surface area contributed by atoms with Crippen LogP contribution in [-0.2, 0) is 0 Å². The lowest BCUT2D eigenvalue weighted by Gasteiger charge is -1.97. The third-order valence-electron chi connectivity index (χ3n) is 2.39. The van der Waals surface area contributed by atoms with Gasteiger partial charge in [-0.2, -0.15) is 5.26 Å². The zero-order valence-corrected chi connectivity index (χ0v) is 10.2. The Bertz CT molecular complexity index is 710. The first-order valence-electron chi connectivity index (χ1n) is 5.59. The van der Waals surface area contributed by atoms with Crippen molar-refractivity contribution in [2.24, 2.45) is 10.2 Å². The van der Waals surface area contributed by atoms with Crippen molar-refractivity contribution in [3.8, 4) is 6.07 Å². The minimum Gasteiger partial charge on any atom is -0.513 e. The Labute approximate surface area is 114 Å². The fraction of sp³-hybridized carbons (Fsp3) is 0. The molecule has 0 spiro atoms. The second kappa shape index (κ2) is 6.11. The van der Waals surface area contributed by atoms with Crippen LogP contribution >= 0.6 is 0 Å². The summed E-state index contributed by atoms with van der Waals surface area (Å²) in [6.07, 6.45) is 1.88. The van der Waals surface area contributed by atoms with Crippen molar-refractivity contribution < 1.29 is 14.3 Å². The van der Waals surface area contributed by atoms with Gasteiger partial charge in [-0.25, -0.2) is 0 Å². The Balaban J connectivity index is 2.25. The molecule has 0 atom stereocenters. The number of aliphatic hydroxyl groups is 1. The molecule has 98 valence electrons. The normalized spacial score (nSPS) is 11.4. The molecule has 0 unspecified atom stereocenters. The monoisotopic (exact) mass is 267 g/mol. The summed E-state index contributed by atoms with van der Waals surface area (Å²) < 4.78 is 4.92. The molecule has 6 nitrogen and oxygen atoms in total. The first-order chi connectivity index (χ1) is 9.76. The van der Waals surface area contributed by atoms with Gasteiger partial charge in [0.15, 0.2) is 11.5 Å². The van der Waals surface area contributed by atoms with E-state index >= 15 is 0 Å². The summed E-state index contributed by atoms with van der Waals surface area (Å²) in [5.74, 6) is -0.562. The van der Waals surface area contributed by atoms with E-state index in [1.807, 2.05) is 6.07 Å². The minimum absolute atomic E-state index is 0.0396. The first-order valence-corrected chi connectivity index (χ1v) is 5.59. The molecule has 0 aliphatic rings. The third kappa shape index (κ3) is 2.79. The highest BCUT2D eigenvalue weighted by molar-refractivity contribution is 6.06. The average molecular weight is 267 g/mol. The lowest BCUT2D eigenvalue weighted by Crippen LogP contribution is -1.99. The van der Waals surface area contributed by atoms with Crippen LogP contribution in [0.2, 0.25) is 0 Å². The number of hydrogen-bond acceptors (Lipinski definition) is 6. The number of Topliss-reactive ketones (excluding diaryl/α,β-unsaturated/α-hetero) is 1. The van der Waals surface area contributed by atoms with Gasteiger partial charge in [0, 0.05) is 0 Å². The molecule has 1 aromatic heterocycles. The van der Waals surface area contributed by atoms with E-state index in [0.29, 0.717) is 17.5 Å². The topological polar surface area (TPSA) is 99.0 Å². The molecule has 6 heteroatoms. The number of ketones is 1. The predicted molar refractivity (Wildman–Crippen MR) is 69.4 cm³/mol. The zero-order valence-electron chi connectivity index (χ0n) is 10.2. The molecule has 20 heavy (non-hydrogen) atoms. The molecular weight excluding hydrogens is 258 g/mol. The number of carbonyl (C=O) groups excluding carboxylic acids is 1. The van der Waals surface area contributed by atoms with Gasteiger partial charge in [-0.15, -0.1) is 10.2 Å². The maximum atomic E-state index is 11.9. The fourth-order valence-corrected chi connectivity index (χ4v) is 1.43. The number of hydrogen-bond donors (Lipinski definition) is 1. The zero-order chi connectivity index (χ0) is 14.4. The number of furan rings is 1. The van der Waals surface area contributed by atoms with Gasteiger partial charge in [-0.05, 0) is 24.3 Å². The number of allylic oxidation sites excluding steroid dienone is 1. The highest BCUT2D eigenvalue weighted by Crippen LogP contribution is 2.20. The van der Waals surface area contributed by atoms with Gasteiger partial charge in [0.25, 0.3) is 5.78 Å². The van der Waals surface area contributed by atoms with E-state index in [2.05, 4.69) is 10.2 Å². The Morgan fingerprint density at radius 2 is 2.10 bits per heavy atom. The van der Waals surface area contributed by atoms with Gasteiger partial charge < -0.3 is 9.52 Å². The van der Waals surface area contributed by atoms with Crippen molar-refractivity contribution in [3.63, 3.8) is 0 Å². The summed E-state index contributed by atoms with van der Waals surface area (Å²) in [7, 11) is 0. The number of nitrogens with zero attached hydrogens (tertiary/aromatic N) is 3. The molecule has 0 fully saturated rings. The molecule has 0 saturated heterocycles. The van der Waals surface area contributed by atoms with Crippen LogP contribution in [0.3, 0.4) is 0 Å². The van der Waals surface area contributed by atoms with Crippen LogP contribution in [0.1, 0.15) is 16.1 Å². The van der Waals surface area contributed by atoms with Crippen LogP contribution in [0.4, 0.5) is 5.69 Å². The van der Waals surface area contributed by atoms with Crippen molar-refractivity contribution in [1.82, 2.24) is 0 Å². The molecule has 2 aromatic rings. The lowest BCUT2D eigenvalue weighted by atomic mass is 10.2. The molecule has 0 aliphatic carbocycles. The molecular formula is C14H9N3O3. The minimum atomic E-state index is -0.601. The molecule has 0 aliphatic heterocycles. The molecule has 1 N–H and O–H groups in total. The van der Waals surface area contributed by atoms with E-state index in [0.717, 1.165) is 0 Å². The summed E-state index contributed by atoms with van der Waals surface area (Å²) >= 11 is 0. The van der Waals surface area contributed by atoms with E-state index in [9.17, 15) is 4.79 Å². The van der Waals surface area contributed by atoms with Crippen molar-refractivity contribution in [1.29, 1.82) is 5.26 Å². The molecule has 0 radical (unpaired) electrons. The first kappa shape index (κ1) is 13.2. The van der Waals surface area contributed by atoms with Gasteiger partial charge in [-0.3, -0.25) is 4.79 Å². The van der Waals surface area contributed by atoms with E-state index in [-0.39, 0.29) is 11.5 Å². The van der Waals surface area contributed by atoms with E-state index in [1.54, 1.807) is 30.3 Å². The third-order valence-corrected chi connectivity index (χ3v) is 2.39. The van der Waals surface area contributed by atoms with Gasteiger partial charge >= 0.3 is 0 Å². The van der Waals surface area contributed by atoms with Crippen LogP contribution < -0.4 is 0 Å². The second-order valence-corrected chi connectivity index (χ2v) is 3.65. The second-order valence-electron chi connectivity index (χ2n) is 3.65. The molecule has 0 saturated carbocycles. The van der Waals surface area contributed by atoms with Gasteiger partial charge in [0.2, 0.25) is 0 Å². The maximum Gasteiger partial charge on any atom is 0.251 e. The Kier molecular flexibility index (Phi) is 4.04. The highest BCUT2D eigenvalue weighted by atomic mass is 16.3. The largest absolute Gasteiger partial charge is 0.513 e. The van der Waals surface area contributed by atoms with E-state index < -0.39 is 5.78 Å². The van der Waals surface area contributed by atoms with Crippen molar-refractivity contribution >= 4 is 11.5 Å². The number of benzene rings is 1. The van der Waals surface area contributed by atoms with Crippen LogP contribution in [0.5, 0.6) is 0 Å². The van der Waals surface area contributed by atoms with E-state index in [1.165, 1.54) is 12.3 Å². The molecule has 1 aromatic carbocycles. The number of nitriles is 1. The van der Waals surface area contributed by atoms with Crippen LogP contribution in [0.25, 0.3) is 0 Å². The smallest absolute Gasteiger partial charge is 0.251 e. The van der Waals surface area contributed by atoms with Crippen LogP contribution in [0.15, 0.2) is 69.3 Å². The summed E-state index contributed by atoms with van der Waals surface area (Å²) in [5.41, 5.74) is 0.341. The van der Waals surface area contributed by atoms with Crippen LogP contribution in [-0.4, -0.2) is 10.9 Å². The van der Waals surface area contributed by atoms with Crippen molar-refractivity contribution in [3.05, 3.63) is 65.9 Å². The summed E-state index contributed by atoms with van der Waals surface area (Å²) in [6, 6.07) is 11.5. The van der Waals surface area contributed by atoms with Gasteiger partial charge in [0.1, 0.15) is 18.0 Å². The van der Waals surface area contributed by atoms with Crippen molar-refractivity contribution in [2.45, 2.75) is 0 Å². The Morgan fingerprint density at radius 1 is 1.30 bits per heavy atom. The van der Waals surface area contributed by atoms with Gasteiger partial charge in [-0.1, -0.05) is 12.1 Å². The SMILES string of the molecule is N#Cc1ccccc1N=N/C(=C/O)C(=O)c1ccco1. The number of azo groups is 1. The maximum absolute atomic E-state index is 11.9. The predicted octanol–water partition coefficient (Wildman–Crippen LogP) is 3.52. The highest BCUT2D eigenvalue weighted by Gasteiger charge is 2.15. The Morgan fingerprint density at radius 3 is 2.75 bits per heavy atom. The molecule has 0 bridgehead atoms. The van der Waals surface area contributed by atoms with E-state index in [4.69, 9.17) is 14.8 Å². The number of rotatable bonds is 4. The Hall–Kier alpha value is -3.20. The van der Waals surface area contributed by atoms with Gasteiger partial charge in [0.05, 0.1) is 11.8 Å². The fourth-order valence-electron chi connectivity index (χ4n) is 1.43. The van der Waals surface area contributed by atoms with Crippen molar-refractivity contribution in [2.75, 3.05) is 0 Å². The average Bonchev–Trinajstić information content (AvgIpc) is 3.02. The standard InChI is InChI=1S/C14H9N3O3/c15-8-10-4-1-2-5-11(10)16-17-12(9-18)14(19)13-6-3-7-20-13/h1-7,9,18H/b12-9+,17-16?. The number of aliphatic hydroxyl groups excluding tert-OH is 1.